The highest BCUT2D eigenvalue weighted by atomic mass is 35.5. The van der Waals surface area contributed by atoms with Crippen molar-refractivity contribution in [3.8, 4) is 5.75 Å². The first-order chi connectivity index (χ1) is 13.8. The molecule has 0 spiro atoms. The molecule has 1 aromatic carbocycles. The van der Waals surface area contributed by atoms with E-state index in [-0.39, 0.29) is 23.7 Å². The van der Waals surface area contributed by atoms with Crippen molar-refractivity contribution < 1.29 is 17.9 Å². The van der Waals surface area contributed by atoms with E-state index >= 15 is 0 Å². The van der Waals surface area contributed by atoms with Gasteiger partial charge in [0.05, 0.1) is 5.69 Å². The van der Waals surface area contributed by atoms with Gasteiger partial charge in [0.15, 0.2) is 6.61 Å². The highest BCUT2D eigenvalue weighted by Gasteiger charge is 2.29. The molecule has 0 unspecified atom stereocenters. The van der Waals surface area contributed by atoms with E-state index in [0.29, 0.717) is 31.7 Å². The van der Waals surface area contributed by atoms with Gasteiger partial charge >= 0.3 is 11.9 Å². The number of hydrogen-bond acceptors (Lipinski definition) is 5. The second-order valence-electron chi connectivity index (χ2n) is 6.83. The third-order valence-corrected chi connectivity index (χ3v) is 4.77. The normalized spacial score (nSPS) is 15.0. The molecule has 3 rings (SSSR count). The Morgan fingerprint density at radius 2 is 1.70 bits per heavy atom. The molecular formula is C19H24ClF3N4O3. The lowest BCUT2D eigenvalue weighted by atomic mass is 10.2. The molecule has 7 nitrogen and oxygen atoms in total. The van der Waals surface area contributed by atoms with E-state index in [1.807, 2.05) is 4.90 Å². The summed E-state index contributed by atoms with van der Waals surface area (Å²) in [6.45, 7) is 2.50. The van der Waals surface area contributed by atoms with Crippen LogP contribution in [0.1, 0.15) is 6.42 Å². The number of H-pyrrole nitrogens is 1. The number of piperazine rings is 1. The largest absolute Gasteiger partial charge is 0.482 e. The second-order valence-corrected chi connectivity index (χ2v) is 6.83. The topological polar surface area (TPSA) is 70.6 Å². The standard InChI is InChI=1S/C19H23F3N4O3.ClH/c20-19(21,22)14-29-16-5-2-1-4-15(16)25-12-10-24(11-13-25)8-3-9-26-17(27)6-7-23-18(26)28;/h1-2,4-7H,3,8-14H2,(H,23,28);1H. The van der Waals surface area contributed by atoms with Gasteiger partial charge in [-0.05, 0) is 25.1 Å². The number of benzene rings is 1. The Hall–Kier alpha value is -2.46. The molecule has 166 valence electrons. The van der Waals surface area contributed by atoms with Crippen LogP contribution in [0, 0.1) is 0 Å². The third kappa shape index (κ3) is 6.53. The molecular weight excluding hydrogens is 425 g/mol. The molecule has 2 heterocycles. The average molecular weight is 449 g/mol. The Kier molecular flexibility index (Phi) is 8.36. The Bertz CT molecular complexity index is 896. The monoisotopic (exact) mass is 448 g/mol. The van der Waals surface area contributed by atoms with Crippen LogP contribution in [0.15, 0.2) is 46.1 Å². The van der Waals surface area contributed by atoms with E-state index < -0.39 is 18.5 Å². The molecule has 0 aliphatic carbocycles. The molecule has 0 bridgehead atoms. The lowest BCUT2D eigenvalue weighted by molar-refractivity contribution is -0.153. The van der Waals surface area contributed by atoms with Gasteiger partial charge < -0.3 is 14.6 Å². The van der Waals surface area contributed by atoms with Crippen LogP contribution in [0.3, 0.4) is 0 Å². The third-order valence-electron chi connectivity index (χ3n) is 4.77. The summed E-state index contributed by atoms with van der Waals surface area (Å²) >= 11 is 0. The van der Waals surface area contributed by atoms with Crippen molar-refractivity contribution in [3.63, 3.8) is 0 Å². The van der Waals surface area contributed by atoms with Crippen LogP contribution < -0.4 is 20.9 Å². The highest BCUT2D eigenvalue weighted by molar-refractivity contribution is 5.85. The fraction of sp³-hybridized carbons (Fsp3) is 0.474. The number of anilines is 1. The van der Waals surface area contributed by atoms with Gasteiger partial charge in [-0.1, -0.05) is 12.1 Å². The Balaban J connectivity index is 0.00000320. The van der Waals surface area contributed by atoms with Gasteiger partial charge in [-0.3, -0.25) is 14.3 Å². The maximum absolute atomic E-state index is 12.5. The Labute approximate surface area is 177 Å². The smallest absolute Gasteiger partial charge is 0.422 e. The number of alkyl halides is 3. The predicted octanol–water partition coefficient (Wildman–Crippen LogP) is 2.11. The molecule has 0 radical (unpaired) electrons. The number of aromatic amines is 1. The zero-order valence-electron chi connectivity index (χ0n) is 16.2. The van der Waals surface area contributed by atoms with Crippen LogP contribution in [0.5, 0.6) is 5.75 Å². The van der Waals surface area contributed by atoms with Gasteiger partial charge in [-0.15, -0.1) is 12.4 Å². The molecule has 1 aliphatic heterocycles. The minimum Gasteiger partial charge on any atom is -0.482 e. The summed E-state index contributed by atoms with van der Waals surface area (Å²) in [5, 5.41) is 0. The van der Waals surface area contributed by atoms with Gasteiger partial charge in [0, 0.05) is 45.0 Å². The molecule has 30 heavy (non-hydrogen) atoms. The number of aromatic nitrogens is 2. The second kappa shape index (κ2) is 10.5. The van der Waals surface area contributed by atoms with Gasteiger partial charge in [-0.25, -0.2) is 4.79 Å². The van der Waals surface area contributed by atoms with Crippen LogP contribution >= 0.6 is 12.4 Å². The van der Waals surface area contributed by atoms with Crippen LogP contribution in [0.4, 0.5) is 18.9 Å². The zero-order chi connectivity index (χ0) is 20.9. The summed E-state index contributed by atoms with van der Waals surface area (Å²) in [7, 11) is 0. The van der Waals surface area contributed by atoms with Crippen LogP contribution in [-0.4, -0.2) is 60.0 Å². The van der Waals surface area contributed by atoms with Gasteiger partial charge in [0.25, 0.3) is 5.56 Å². The van der Waals surface area contributed by atoms with Gasteiger partial charge in [0.1, 0.15) is 5.75 Å². The van der Waals surface area contributed by atoms with Crippen LogP contribution in [0.2, 0.25) is 0 Å². The fourth-order valence-electron chi connectivity index (χ4n) is 3.33. The van der Waals surface area contributed by atoms with Gasteiger partial charge in [0.2, 0.25) is 0 Å². The fourth-order valence-corrected chi connectivity index (χ4v) is 3.33. The van der Waals surface area contributed by atoms with Crippen LogP contribution in [0.25, 0.3) is 0 Å². The molecule has 1 fully saturated rings. The quantitative estimate of drug-likeness (QED) is 0.702. The zero-order valence-corrected chi connectivity index (χ0v) is 17.0. The molecule has 2 aromatic rings. The summed E-state index contributed by atoms with van der Waals surface area (Å²) in [5.74, 6) is 0.223. The van der Waals surface area contributed by atoms with Crippen molar-refractivity contribution in [1.29, 1.82) is 0 Å². The number of nitrogens with one attached hydrogen (secondary N) is 1. The minimum atomic E-state index is -4.38. The number of halogens is 4. The van der Waals surface area contributed by atoms with Crippen molar-refractivity contribution in [1.82, 2.24) is 14.5 Å². The van der Waals surface area contributed by atoms with Crippen LogP contribution in [-0.2, 0) is 6.54 Å². The molecule has 1 saturated heterocycles. The minimum absolute atomic E-state index is 0. The Morgan fingerprint density at radius 1 is 1.00 bits per heavy atom. The summed E-state index contributed by atoms with van der Waals surface area (Å²) in [6.07, 6.45) is -2.40. The first kappa shape index (κ1) is 23.8. The maximum Gasteiger partial charge on any atom is 0.422 e. The molecule has 0 amide bonds. The molecule has 0 saturated carbocycles. The summed E-state index contributed by atoms with van der Waals surface area (Å²) in [4.78, 5) is 30.1. The SMILES string of the molecule is Cl.O=c1cc[nH]c(=O)n1CCCN1CCN(c2ccccc2OCC(F)(F)F)CC1. The van der Waals surface area contributed by atoms with Crippen molar-refractivity contribution >= 4 is 18.1 Å². The van der Waals surface area contributed by atoms with E-state index in [1.165, 1.54) is 16.8 Å². The van der Waals surface area contributed by atoms with Crippen molar-refractivity contribution in [3.05, 3.63) is 57.4 Å². The summed E-state index contributed by atoms with van der Waals surface area (Å²) in [5.41, 5.74) is -0.0920. The first-order valence-corrected chi connectivity index (χ1v) is 9.38. The van der Waals surface area contributed by atoms with E-state index in [0.717, 1.165) is 19.6 Å². The Morgan fingerprint density at radius 3 is 2.37 bits per heavy atom. The van der Waals surface area contributed by atoms with E-state index in [4.69, 9.17) is 4.74 Å². The number of nitrogens with zero attached hydrogens (tertiary/aromatic N) is 3. The van der Waals surface area contributed by atoms with E-state index in [1.54, 1.807) is 24.3 Å². The molecule has 0 atom stereocenters. The lowest BCUT2D eigenvalue weighted by Crippen LogP contribution is -2.47. The highest BCUT2D eigenvalue weighted by Crippen LogP contribution is 2.30. The van der Waals surface area contributed by atoms with Crippen molar-refractivity contribution in [2.45, 2.75) is 19.1 Å². The molecule has 1 aliphatic rings. The van der Waals surface area contributed by atoms with Crippen molar-refractivity contribution in [2.24, 2.45) is 0 Å². The predicted molar refractivity (Wildman–Crippen MR) is 110 cm³/mol. The molecule has 11 heteroatoms. The number of hydrogen-bond donors (Lipinski definition) is 1. The van der Waals surface area contributed by atoms with Crippen molar-refractivity contribution in [2.75, 3.05) is 44.2 Å². The molecule has 1 N–H and O–H groups in total. The van der Waals surface area contributed by atoms with E-state index in [2.05, 4.69) is 9.88 Å². The number of para-hydroxylation sites is 2. The van der Waals surface area contributed by atoms with E-state index in [9.17, 15) is 22.8 Å². The average Bonchev–Trinajstić information content (AvgIpc) is 2.69. The van der Waals surface area contributed by atoms with Gasteiger partial charge in [-0.2, -0.15) is 13.2 Å². The first-order valence-electron chi connectivity index (χ1n) is 9.38. The number of rotatable bonds is 7. The summed E-state index contributed by atoms with van der Waals surface area (Å²) in [6, 6.07) is 8.05. The maximum atomic E-state index is 12.5. The molecule has 1 aromatic heterocycles. The lowest BCUT2D eigenvalue weighted by Gasteiger charge is -2.36. The number of ether oxygens (including phenoxy) is 1. The summed E-state index contributed by atoms with van der Waals surface area (Å²) < 4.78 is 43.6.